The number of rotatable bonds is 5. The van der Waals surface area contributed by atoms with E-state index in [1.165, 1.54) is 20.9 Å². The minimum Gasteiger partial charge on any atom is -0.443 e. The first kappa shape index (κ1) is 24.1. The second-order valence-electron chi connectivity index (χ2n) is 10.6. The maximum Gasteiger partial charge on any atom is 0.421 e. The van der Waals surface area contributed by atoms with Gasteiger partial charge in [-0.15, -0.1) is 0 Å². The smallest absolute Gasteiger partial charge is 0.421 e. The summed E-state index contributed by atoms with van der Waals surface area (Å²) in [6, 6.07) is 20.5. The lowest BCUT2D eigenvalue weighted by Crippen LogP contribution is -2.40. The number of nitrogens with zero attached hydrogens (tertiary/aromatic N) is 2. The highest BCUT2D eigenvalue weighted by molar-refractivity contribution is 5.96. The third-order valence-electron chi connectivity index (χ3n) is 6.88. The van der Waals surface area contributed by atoms with Crippen molar-refractivity contribution >= 4 is 39.5 Å². The van der Waals surface area contributed by atoms with E-state index < -0.39 is 11.7 Å². The molecule has 188 valence electrons. The number of fused-ring (bicyclic) bond motifs is 2. The van der Waals surface area contributed by atoms with Crippen LogP contribution in [0.5, 0.6) is 0 Å². The molecule has 1 saturated heterocycles. The van der Waals surface area contributed by atoms with Gasteiger partial charge in [-0.05, 0) is 87.5 Å². The van der Waals surface area contributed by atoms with E-state index in [0.29, 0.717) is 28.6 Å². The molecule has 0 radical (unpaired) electrons. The van der Waals surface area contributed by atoms with E-state index in [2.05, 4.69) is 53.1 Å². The van der Waals surface area contributed by atoms with E-state index in [1.807, 2.05) is 32.9 Å². The largest absolute Gasteiger partial charge is 0.443 e. The van der Waals surface area contributed by atoms with Gasteiger partial charge in [0.1, 0.15) is 11.1 Å². The average molecular weight is 486 g/mol. The number of carbonyl (C=O) groups is 1. The van der Waals surface area contributed by atoms with E-state index >= 15 is 0 Å². The number of aromatic nitrogens is 2. The third-order valence-corrected chi connectivity index (χ3v) is 6.88. The summed E-state index contributed by atoms with van der Waals surface area (Å²) in [5.41, 5.74) is 8.68. The standard InChI is InChI=1S/C29H35N5O2/c1-29(2,3)36-28(35)34-25-13-7-12-23(30)26(25)33-27(34)32-24(20-14-16-31-17-15-20)18-21-10-6-9-19-8-4-5-11-22(19)21/h4-13,20,24,31H,14-18,30H2,1-3H3,(H,32,33). The molecule has 0 spiro atoms. The molecule has 5 rings (SSSR count). The van der Waals surface area contributed by atoms with E-state index in [-0.39, 0.29) is 6.04 Å². The molecule has 7 nitrogen and oxygen atoms in total. The van der Waals surface area contributed by atoms with Gasteiger partial charge in [0.15, 0.2) is 0 Å². The zero-order valence-corrected chi connectivity index (χ0v) is 21.3. The molecule has 1 aliphatic heterocycles. The molecule has 0 aliphatic carbocycles. The second-order valence-corrected chi connectivity index (χ2v) is 10.6. The van der Waals surface area contributed by atoms with Crippen molar-refractivity contribution in [2.75, 3.05) is 24.1 Å². The number of anilines is 2. The molecule has 1 atom stereocenters. The lowest BCUT2D eigenvalue weighted by molar-refractivity contribution is 0.0546. The number of ether oxygens (including phenoxy) is 1. The van der Waals surface area contributed by atoms with E-state index in [9.17, 15) is 4.79 Å². The molecule has 2 heterocycles. The minimum atomic E-state index is -0.636. The molecule has 0 amide bonds. The number of hydrogen-bond acceptors (Lipinski definition) is 6. The Hall–Kier alpha value is -3.58. The van der Waals surface area contributed by atoms with Crippen LogP contribution in [0.15, 0.2) is 60.7 Å². The van der Waals surface area contributed by atoms with Gasteiger partial charge in [0, 0.05) is 6.04 Å². The Morgan fingerprint density at radius 3 is 2.61 bits per heavy atom. The van der Waals surface area contributed by atoms with Crippen LogP contribution in [-0.2, 0) is 11.2 Å². The zero-order chi connectivity index (χ0) is 25.3. The summed E-state index contributed by atoms with van der Waals surface area (Å²) >= 11 is 0. The highest BCUT2D eigenvalue weighted by Crippen LogP contribution is 2.30. The van der Waals surface area contributed by atoms with E-state index in [4.69, 9.17) is 15.5 Å². The molecular weight excluding hydrogens is 450 g/mol. The predicted molar refractivity (Wildman–Crippen MR) is 146 cm³/mol. The van der Waals surface area contributed by atoms with Crippen molar-refractivity contribution in [3.05, 3.63) is 66.2 Å². The maximum atomic E-state index is 13.4. The number of benzene rings is 3. The summed E-state index contributed by atoms with van der Waals surface area (Å²) in [6.45, 7) is 7.55. The quantitative estimate of drug-likeness (QED) is 0.320. The highest BCUT2D eigenvalue weighted by Gasteiger charge is 2.29. The molecule has 1 unspecified atom stereocenters. The van der Waals surface area contributed by atoms with Gasteiger partial charge in [-0.1, -0.05) is 48.5 Å². The summed E-state index contributed by atoms with van der Waals surface area (Å²) in [5, 5.41) is 9.64. The molecule has 0 saturated carbocycles. The van der Waals surface area contributed by atoms with Gasteiger partial charge in [0.25, 0.3) is 0 Å². The normalized spacial score (nSPS) is 15.8. The summed E-state index contributed by atoms with van der Waals surface area (Å²) in [7, 11) is 0. The van der Waals surface area contributed by atoms with Gasteiger partial charge < -0.3 is 21.1 Å². The van der Waals surface area contributed by atoms with Crippen LogP contribution in [0.25, 0.3) is 21.8 Å². The number of nitrogens with two attached hydrogens (primary N) is 1. The summed E-state index contributed by atoms with van der Waals surface area (Å²) in [6.07, 6.45) is 2.46. The van der Waals surface area contributed by atoms with Crippen LogP contribution in [0.2, 0.25) is 0 Å². The van der Waals surface area contributed by atoms with Gasteiger partial charge in [0.05, 0.1) is 11.2 Å². The fraction of sp³-hybridized carbons (Fsp3) is 0.379. The average Bonchev–Trinajstić information content (AvgIpc) is 3.23. The van der Waals surface area contributed by atoms with Gasteiger partial charge in [-0.25, -0.2) is 14.3 Å². The molecule has 1 aromatic heterocycles. The van der Waals surface area contributed by atoms with E-state index in [0.717, 1.165) is 32.4 Å². The van der Waals surface area contributed by atoms with Crippen LogP contribution in [0.3, 0.4) is 0 Å². The van der Waals surface area contributed by atoms with Crippen molar-refractivity contribution < 1.29 is 9.53 Å². The Labute approximate surface area is 212 Å². The Morgan fingerprint density at radius 1 is 1.11 bits per heavy atom. The van der Waals surface area contributed by atoms with Crippen LogP contribution in [-0.4, -0.2) is 40.4 Å². The predicted octanol–water partition coefficient (Wildman–Crippen LogP) is 5.58. The molecule has 4 N–H and O–H groups in total. The molecule has 3 aromatic carbocycles. The number of nitrogens with one attached hydrogen (secondary N) is 2. The van der Waals surface area contributed by atoms with Crippen LogP contribution in [0.1, 0.15) is 39.2 Å². The number of nitrogen functional groups attached to an aromatic ring is 1. The molecule has 36 heavy (non-hydrogen) atoms. The first-order chi connectivity index (χ1) is 17.3. The number of hydrogen-bond donors (Lipinski definition) is 3. The van der Waals surface area contributed by atoms with Crippen molar-refractivity contribution in [3.8, 4) is 0 Å². The second kappa shape index (κ2) is 9.82. The zero-order valence-electron chi connectivity index (χ0n) is 21.3. The van der Waals surface area contributed by atoms with Crippen LogP contribution in [0.4, 0.5) is 16.4 Å². The highest BCUT2D eigenvalue weighted by atomic mass is 16.6. The van der Waals surface area contributed by atoms with Gasteiger partial charge >= 0.3 is 6.09 Å². The maximum absolute atomic E-state index is 13.4. The van der Waals surface area contributed by atoms with Crippen LogP contribution < -0.4 is 16.4 Å². The Bertz CT molecular complexity index is 1380. The van der Waals surface area contributed by atoms with Crippen molar-refractivity contribution in [1.29, 1.82) is 0 Å². The molecule has 7 heteroatoms. The van der Waals surface area contributed by atoms with Crippen molar-refractivity contribution in [2.45, 2.75) is 51.7 Å². The molecule has 1 fully saturated rings. The fourth-order valence-electron chi connectivity index (χ4n) is 5.17. The van der Waals surface area contributed by atoms with Crippen LogP contribution in [0, 0.1) is 5.92 Å². The summed E-state index contributed by atoms with van der Waals surface area (Å²) in [5.74, 6) is 0.899. The lowest BCUT2D eigenvalue weighted by Gasteiger charge is -2.32. The van der Waals surface area contributed by atoms with Gasteiger partial charge in [0.2, 0.25) is 5.95 Å². The van der Waals surface area contributed by atoms with Gasteiger partial charge in [-0.3, -0.25) is 0 Å². The monoisotopic (exact) mass is 485 g/mol. The van der Waals surface area contributed by atoms with Crippen LogP contribution >= 0.6 is 0 Å². The number of para-hydroxylation sites is 1. The number of carbonyl (C=O) groups excluding carboxylic acids is 1. The summed E-state index contributed by atoms with van der Waals surface area (Å²) < 4.78 is 7.30. The molecular formula is C29H35N5O2. The molecule has 1 aliphatic rings. The third kappa shape index (κ3) is 5.02. The van der Waals surface area contributed by atoms with Crippen molar-refractivity contribution in [2.24, 2.45) is 5.92 Å². The molecule has 4 aromatic rings. The Balaban J connectivity index is 1.56. The summed E-state index contributed by atoms with van der Waals surface area (Å²) in [4.78, 5) is 18.2. The van der Waals surface area contributed by atoms with Crippen molar-refractivity contribution in [3.63, 3.8) is 0 Å². The Kier molecular flexibility index (Phi) is 6.58. The lowest BCUT2D eigenvalue weighted by atomic mass is 9.85. The first-order valence-corrected chi connectivity index (χ1v) is 12.7. The van der Waals surface area contributed by atoms with Gasteiger partial charge in [-0.2, -0.15) is 0 Å². The van der Waals surface area contributed by atoms with E-state index in [1.54, 1.807) is 6.07 Å². The van der Waals surface area contributed by atoms with Crippen molar-refractivity contribution in [1.82, 2.24) is 14.9 Å². The first-order valence-electron chi connectivity index (χ1n) is 12.7. The number of imidazole rings is 1. The Morgan fingerprint density at radius 2 is 1.83 bits per heavy atom. The number of piperidine rings is 1. The fourth-order valence-corrected chi connectivity index (χ4v) is 5.17. The minimum absolute atomic E-state index is 0.0807. The molecule has 0 bridgehead atoms. The SMILES string of the molecule is CC(C)(C)OC(=O)n1c(NC(Cc2cccc3ccccc23)C2CCNCC2)nc2c(N)cccc21. The topological polar surface area (TPSA) is 94.2 Å².